The lowest BCUT2D eigenvalue weighted by Gasteiger charge is -2.37. The Morgan fingerprint density at radius 3 is 2.69 bits per heavy atom. The number of rotatable bonds is 8. The molecule has 5 heteroatoms. The van der Waals surface area contributed by atoms with Crippen molar-refractivity contribution in [3.8, 4) is 11.1 Å². The predicted octanol–water partition coefficient (Wildman–Crippen LogP) is 5.46. The predicted molar refractivity (Wildman–Crippen MR) is 137 cm³/mol. The Balaban J connectivity index is 1.46. The summed E-state index contributed by atoms with van der Waals surface area (Å²) in [6.45, 7) is 2.58. The first-order valence-corrected chi connectivity index (χ1v) is 13.3. The minimum atomic E-state index is -0.515. The molecular weight excluding hydrogens is 438 g/mol. The molecule has 1 saturated carbocycles. The van der Waals surface area contributed by atoms with Gasteiger partial charge in [0.2, 0.25) is 6.29 Å². The molecule has 0 bridgehead atoms. The number of allylic oxidation sites excluding steroid dienone is 1. The lowest BCUT2D eigenvalue weighted by atomic mass is 9.79. The fraction of sp³-hybridized carbons (Fsp3) is 0.500. The van der Waals surface area contributed by atoms with Gasteiger partial charge < -0.3 is 19.9 Å². The second-order valence-electron chi connectivity index (χ2n) is 10.1. The molecule has 0 unspecified atom stereocenters. The number of carbonyl (C=O) groups excluding carboxylic acids is 1. The molecule has 1 aliphatic heterocycles. The van der Waals surface area contributed by atoms with E-state index in [9.17, 15) is 9.90 Å². The van der Waals surface area contributed by atoms with Crippen LogP contribution < -0.4 is 5.32 Å². The van der Waals surface area contributed by atoms with Gasteiger partial charge in [-0.25, -0.2) is 0 Å². The van der Waals surface area contributed by atoms with E-state index in [4.69, 9.17) is 9.47 Å². The molecule has 2 N–H and O–H groups in total. The van der Waals surface area contributed by atoms with Crippen molar-refractivity contribution in [1.29, 1.82) is 0 Å². The van der Waals surface area contributed by atoms with Crippen molar-refractivity contribution in [2.45, 2.75) is 76.5 Å². The maximum atomic E-state index is 13.2. The van der Waals surface area contributed by atoms with E-state index in [2.05, 4.69) is 47.8 Å². The number of benzene rings is 2. The van der Waals surface area contributed by atoms with Gasteiger partial charge in [-0.05, 0) is 72.9 Å². The molecule has 0 saturated heterocycles. The van der Waals surface area contributed by atoms with Crippen LogP contribution in [-0.4, -0.2) is 36.6 Å². The molecule has 35 heavy (non-hydrogen) atoms. The van der Waals surface area contributed by atoms with Gasteiger partial charge in [0.15, 0.2) is 5.76 Å². The molecule has 3 atom stereocenters. The second kappa shape index (κ2) is 11.0. The highest BCUT2D eigenvalue weighted by atomic mass is 16.7. The van der Waals surface area contributed by atoms with E-state index in [0.29, 0.717) is 18.8 Å². The van der Waals surface area contributed by atoms with E-state index in [1.807, 2.05) is 13.0 Å². The zero-order valence-electron chi connectivity index (χ0n) is 20.7. The van der Waals surface area contributed by atoms with Crippen molar-refractivity contribution in [3.05, 3.63) is 71.0 Å². The van der Waals surface area contributed by atoms with E-state index >= 15 is 0 Å². The first-order chi connectivity index (χ1) is 17.2. The SMILES string of the molecule is CCO[C@H]1OC(C(=O)NC2CCCCC2)=C[C@@H](c2ccc3c(c2)Cc2ccccc2-3)[C@@H]1CCCO. The molecular formula is C30H37NO4. The van der Waals surface area contributed by atoms with E-state index in [0.717, 1.165) is 38.5 Å². The standard InChI is InChI=1S/C30H37NO4/c1-2-34-30-26(13-8-16-32)27(19-28(35-30)29(33)31-23-10-4-3-5-11-23)21-14-15-25-22(18-21)17-20-9-6-7-12-24(20)25/h6-7,9,12,14-15,18-19,23,26-27,30,32H,2-5,8,10-11,13,16-17H2,1H3,(H,31,33)/t26-,27-,30-/m0/s1. The van der Waals surface area contributed by atoms with Gasteiger partial charge >= 0.3 is 0 Å². The first kappa shape index (κ1) is 24.1. The second-order valence-corrected chi connectivity index (χ2v) is 10.1. The van der Waals surface area contributed by atoms with E-state index in [1.54, 1.807) is 0 Å². The fourth-order valence-corrected chi connectivity index (χ4v) is 6.02. The molecule has 186 valence electrons. The van der Waals surface area contributed by atoms with Crippen LogP contribution in [0.3, 0.4) is 0 Å². The van der Waals surface area contributed by atoms with Crippen molar-refractivity contribution in [3.63, 3.8) is 0 Å². The molecule has 5 nitrogen and oxygen atoms in total. The number of fused-ring (bicyclic) bond motifs is 3. The van der Waals surface area contributed by atoms with Crippen LogP contribution in [0.2, 0.25) is 0 Å². The van der Waals surface area contributed by atoms with Crippen LogP contribution >= 0.6 is 0 Å². The van der Waals surface area contributed by atoms with Crippen LogP contribution in [0.5, 0.6) is 0 Å². The van der Waals surface area contributed by atoms with Crippen LogP contribution in [0.25, 0.3) is 11.1 Å². The third kappa shape index (κ3) is 5.17. The molecule has 1 heterocycles. The number of hydrogen-bond donors (Lipinski definition) is 2. The number of amides is 1. The zero-order valence-corrected chi connectivity index (χ0v) is 20.7. The topological polar surface area (TPSA) is 67.8 Å². The molecule has 1 amide bonds. The molecule has 1 fully saturated rings. The third-order valence-corrected chi connectivity index (χ3v) is 7.78. The summed E-state index contributed by atoms with van der Waals surface area (Å²) in [5.41, 5.74) is 6.47. The van der Waals surface area contributed by atoms with Gasteiger partial charge in [0, 0.05) is 31.1 Å². The van der Waals surface area contributed by atoms with Crippen LogP contribution in [0.4, 0.5) is 0 Å². The van der Waals surface area contributed by atoms with Crippen molar-refractivity contribution >= 4 is 5.91 Å². The summed E-state index contributed by atoms with van der Waals surface area (Å²) in [5, 5.41) is 12.8. The van der Waals surface area contributed by atoms with E-state index in [-0.39, 0.29) is 30.4 Å². The van der Waals surface area contributed by atoms with Crippen molar-refractivity contribution in [2.75, 3.05) is 13.2 Å². The Bertz CT molecular complexity index is 1070. The van der Waals surface area contributed by atoms with Gasteiger partial charge in [0.05, 0.1) is 0 Å². The van der Waals surface area contributed by atoms with Gasteiger partial charge in [0.25, 0.3) is 5.91 Å². The molecule has 0 spiro atoms. The van der Waals surface area contributed by atoms with Crippen molar-refractivity contribution in [2.24, 2.45) is 5.92 Å². The molecule has 0 radical (unpaired) electrons. The first-order valence-electron chi connectivity index (χ1n) is 13.3. The highest BCUT2D eigenvalue weighted by Gasteiger charge is 2.38. The van der Waals surface area contributed by atoms with Gasteiger partial charge in [-0.2, -0.15) is 0 Å². The van der Waals surface area contributed by atoms with Crippen molar-refractivity contribution < 1.29 is 19.4 Å². The average molecular weight is 476 g/mol. The van der Waals surface area contributed by atoms with E-state index < -0.39 is 6.29 Å². The highest BCUT2D eigenvalue weighted by molar-refractivity contribution is 5.92. The van der Waals surface area contributed by atoms with E-state index in [1.165, 1.54) is 34.2 Å². The Kier molecular flexibility index (Phi) is 7.54. The normalized spacial score (nSPS) is 23.7. The Morgan fingerprint density at radius 2 is 1.89 bits per heavy atom. The number of ether oxygens (including phenoxy) is 2. The third-order valence-electron chi connectivity index (χ3n) is 7.78. The maximum Gasteiger partial charge on any atom is 0.286 e. The number of carbonyl (C=O) groups is 1. The summed E-state index contributed by atoms with van der Waals surface area (Å²) in [7, 11) is 0. The van der Waals surface area contributed by atoms with Crippen LogP contribution in [-0.2, 0) is 20.7 Å². The average Bonchev–Trinajstić information content (AvgIpc) is 3.26. The number of aliphatic hydroxyl groups is 1. The largest absolute Gasteiger partial charge is 0.459 e. The summed E-state index contributed by atoms with van der Waals surface area (Å²) >= 11 is 0. The Morgan fingerprint density at radius 1 is 1.09 bits per heavy atom. The molecule has 3 aliphatic rings. The lowest BCUT2D eigenvalue weighted by molar-refractivity contribution is -0.166. The van der Waals surface area contributed by atoms with Gasteiger partial charge in [-0.3, -0.25) is 4.79 Å². The Labute approximate surface area is 208 Å². The number of hydrogen-bond acceptors (Lipinski definition) is 4. The number of nitrogens with one attached hydrogen (secondary N) is 1. The van der Waals surface area contributed by atoms with Crippen molar-refractivity contribution in [1.82, 2.24) is 5.32 Å². The molecule has 0 aromatic heterocycles. The number of aliphatic hydroxyl groups excluding tert-OH is 1. The summed E-state index contributed by atoms with van der Waals surface area (Å²) in [5.74, 6) is 0.229. The molecule has 5 rings (SSSR count). The summed E-state index contributed by atoms with van der Waals surface area (Å²) in [4.78, 5) is 13.2. The lowest BCUT2D eigenvalue weighted by Crippen LogP contribution is -2.42. The van der Waals surface area contributed by atoms with Crippen LogP contribution in [0.1, 0.15) is 74.5 Å². The summed E-state index contributed by atoms with van der Waals surface area (Å²) in [6.07, 6.45) is 9.47. The van der Waals surface area contributed by atoms with Gasteiger partial charge in [-0.15, -0.1) is 0 Å². The van der Waals surface area contributed by atoms with Gasteiger partial charge in [-0.1, -0.05) is 61.7 Å². The zero-order chi connectivity index (χ0) is 24.2. The van der Waals surface area contributed by atoms with Crippen LogP contribution in [0, 0.1) is 5.92 Å². The fourth-order valence-electron chi connectivity index (χ4n) is 6.02. The molecule has 2 aromatic rings. The smallest absolute Gasteiger partial charge is 0.286 e. The molecule has 2 aromatic carbocycles. The van der Waals surface area contributed by atoms with Crippen LogP contribution in [0.15, 0.2) is 54.3 Å². The summed E-state index contributed by atoms with van der Waals surface area (Å²) < 4.78 is 12.2. The summed E-state index contributed by atoms with van der Waals surface area (Å²) in [6, 6.07) is 15.5. The minimum absolute atomic E-state index is 0.0204. The Hall–Kier alpha value is -2.63. The minimum Gasteiger partial charge on any atom is -0.459 e. The monoisotopic (exact) mass is 475 g/mol. The highest BCUT2D eigenvalue weighted by Crippen LogP contribution is 2.43. The van der Waals surface area contributed by atoms with Gasteiger partial charge in [0.1, 0.15) is 0 Å². The molecule has 2 aliphatic carbocycles. The quantitative estimate of drug-likeness (QED) is 0.454. The maximum absolute atomic E-state index is 13.2.